The van der Waals surface area contributed by atoms with E-state index < -0.39 is 0 Å². The first-order valence-electron chi connectivity index (χ1n) is 6.29. The lowest BCUT2D eigenvalue weighted by molar-refractivity contribution is 1.06. The van der Waals surface area contributed by atoms with Gasteiger partial charge in [0.2, 0.25) is 0 Å². The molecule has 3 aromatic rings. The van der Waals surface area contributed by atoms with Crippen LogP contribution in [0.5, 0.6) is 0 Å². The predicted molar refractivity (Wildman–Crippen MR) is 87.7 cm³/mol. The van der Waals surface area contributed by atoms with Gasteiger partial charge in [0, 0.05) is 10.2 Å². The van der Waals surface area contributed by atoms with Gasteiger partial charge in [0.05, 0.1) is 11.9 Å². The zero-order valence-corrected chi connectivity index (χ0v) is 13.1. The highest BCUT2D eigenvalue weighted by molar-refractivity contribution is 9.10. The predicted octanol–water partition coefficient (Wildman–Crippen LogP) is 5.13. The third kappa shape index (κ3) is 3.32. The molecule has 1 N–H and O–H groups in total. The second-order valence-corrected chi connectivity index (χ2v) is 6.26. The maximum absolute atomic E-state index is 4.43. The molecule has 0 bridgehead atoms. The molecule has 3 rings (SSSR count). The molecule has 2 nitrogen and oxygen atoms in total. The number of nitrogens with zero attached hydrogens (tertiary/aromatic N) is 1. The highest BCUT2D eigenvalue weighted by atomic mass is 79.9. The minimum Gasteiger partial charge on any atom is -0.333 e. The number of aromatic nitrogens is 2. The van der Waals surface area contributed by atoms with Crippen LogP contribution in [0.4, 0.5) is 0 Å². The Kier molecular flexibility index (Phi) is 4.23. The molecule has 100 valence electrons. The van der Waals surface area contributed by atoms with Crippen LogP contribution in [0.1, 0.15) is 5.56 Å². The number of benzene rings is 2. The Morgan fingerprint density at radius 2 is 1.75 bits per heavy atom. The van der Waals surface area contributed by atoms with Crippen molar-refractivity contribution in [1.82, 2.24) is 9.97 Å². The van der Waals surface area contributed by atoms with Gasteiger partial charge >= 0.3 is 0 Å². The quantitative estimate of drug-likeness (QED) is 0.664. The van der Waals surface area contributed by atoms with Gasteiger partial charge in [-0.05, 0) is 23.3 Å². The zero-order valence-electron chi connectivity index (χ0n) is 10.7. The summed E-state index contributed by atoms with van der Waals surface area (Å²) in [6.45, 7) is 0. The Hall–Kier alpha value is -1.52. The van der Waals surface area contributed by atoms with Crippen molar-refractivity contribution in [2.24, 2.45) is 0 Å². The number of imidazole rings is 1. The van der Waals surface area contributed by atoms with Gasteiger partial charge < -0.3 is 4.98 Å². The molecule has 0 atom stereocenters. The lowest BCUT2D eigenvalue weighted by Gasteiger charge is -1.99. The highest BCUT2D eigenvalue weighted by Gasteiger charge is 2.04. The minimum absolute atomic E-state index is 0.925. The molecule has 4 heteroatoms. The fraction of sp³-hybridized carbons (Fsp3) is 0.0625. The van der Waals surface area contributed by atoms with Crippen LogP contribution < -0.4 is 0 Å². The molecule has 2 aromatic carbocycles. The Bertz CT molecular complexity index is 677. The molecule has 0 spiro atoms. The number of halogens is 1. The Balaban J connectivity index is 1.69. The van der Waals surface area contributed by atoms with E-state index in [0.29, 0.717) is 0 Å². The van der Waals surface area contributed by atoms with Crippen LogP contribution in [-0.2, 0) is 5.75 Å². The van der Waals surface area contributed by atoms with E-state index in [4.69, 9.17) is 0 Å². The average Bonchev–Trinajstić information content (AvgIpc) is 2.96. The fourth-order valence-electron chi connectivity index (χ4n) is 1.88. The summed E-state index contributed by atoms with van der Waals surface area (Å²) in [5.74, 6) is 0.925. The van der Waals surface area contributed by atoms with Crippen LogP contribution in [0.15, 0.2) is 70.4 Å². The molecule has 0 aliphatic heterocycles. The molecule has 1 aromatic heterocycles. The lowest BCUT2D eigenvalue weighted by Crippen LogP contribution is -1.81. The van der Waals surface area contributed by atoms with Crippen molar-refractivity contribution < 1.29 is 0 Å². The van der Waals surface area contributed by atoms with Crippen LogP contribution in [0, 0.1) is 0 Å². The number of H-pyrrole nitrogens is 1. The standard InChI is InChI=1S/C16H13BrN2S/c17-14-8-6-13(7-9-14)15-10-18-16(19-15)20-11-12-4-2-1-3-5-12/h1-10H,11H2,(H,18,19). The molecule has 0 unspecified atom stereocenters. The van der Waals surface area contributed by atoms with E-state index in [1.54, 1.807) is 11.8 Å². The smallest absolute Gasteiger partial charge is 0.166 e. The third-order valence-electron chi connectivity index (χ3n) is 2.93. The second kappa shape index (κ2) is 6.29. The van der Waals surface area contributed by atoms with Gasteiger partial charge in [-0.2, -0.15) is 0 Å². The summed E-state index contributed by atoms with van der Waals surface area (Å²) in [5.41, 5.74) is 3.50. The summed E-state index contributed by atoms with van der Waals surface area (Å²) in [6, 6.07) is 18.6. The van der Waals surface area contributed by atoms with Crippen molar-refractivity contribution in [3.05, 3.63) is 70.8 Å². The molecule has 20 heavy (non-hydrogen) atoms. The van der Waals surface area contributed by atoms with Crippen LogP contribution in [-0.4, -0.2) is 9.97 Å². The van der Waals surface area contributed by atoms with E-state index in [1.165, 1.54) is 5.56 Å². The normalized spacial score (nSPS) is 10.7. The lowest BCUT2D eigenvalue weighted by atomic mass is 10.2. The fourth-order valence-corrected chi connectivity index (χ4v) is 2.95. The molecular formula is C16H13BrN2S. The number of aromatic amines is 1. The Morgan fingerprint density at radius 1 is 1.00 bits per heavy atom. The first-order chi connectivity index (χ1) is 9.81. The molecular weight excluding hydrogens is 332 g/mol. The first-order valence-corrected chi connectivity index (χ1v) is 8.07. The molecule has 0 amide bonds. The summed E-state index contributed by atoms with van der Waals surface area (Å²) in [5, 5.41) is 0.951. The van der Waals surface area contributed by atoms with Gasteiger partial charge in [0.15, 0.2) is 5.16 Å². The van der Waals surface area contributed by atoms with Crippen molar-refractivity contribution in [3.63, 3.8) is 0 Å². The molecule has 0 aliphatic carbocycles. The molecule has 0 saturated heterocycles. The molecule has 0 fully saturated rings. The monoisotopic (exact) mass is 344 g/mol. The molecule has 0 aliphatic rings. The van der Waals surface area contributed by atoms with E-state index in [9.17, 15) is 0 Å². The largest absolute Gasteiger partial charge is 0.333 e. The van der Waals surface area contributed by atoms with Gasteiger partial charge in [-0.3, -0.25) is 0 Å². The van der Waals surface area contributed by atoms with Gasteiger partial charge in [-0.15, -0.1) is 0 Å². The van der Waals surface area contributed by atoms with E-state index in [-0.39, 0.29) is 0 Å². The number of rotatable bonds is 4. The Morgan fingerprint density at radius 3 is 2.50 bits per heavy atom. The summed E-state index contributed by atoms with van der Waals surface area (Å²) < 4.78 is 1.08. The van der Waals surface area contributed by atoms with E-state index in [0.717, 1.165) is 26.6 Å². The van der Waals surface area contributed by atoms with Gasteiger partial charge in [-0.1, -0.05) is 70.2 Å². The highest BCUT2D eigenvalue weighted by Crippen LogP contribution is 2.24. The summed E-state index contributed by atoms with van der Waals surface area (Å²) >= 11 is 5.16. The molecule has 0 radical (unpaired) electrons. The summed E-state index contributed by atoms with van der Waals surface area (Å²) in [4.78, 5) is 7.78. The number of nitrogens with one attached hydrogen (secondary N) is 1. The van der Waals surface area contributed by atoms with Crippen molar-refractivity contribution in [2.75, 3.05) is 0 Å². The van der Waals surface area contributed by atoms with Gasteiger partial charge in [0.1, 0.15) is 0 Å². The van der Waals surface area contributed by atoms with Crippen molar-refractivity contribution in [1.29, 1.82) is 0 Å². The van der Waals surface area contributed by atoms with Crippen molar-refractivity contribution >= 4 is 27.7 Å². The van der Waals surface area contributed by atoms with Crippen molar-refractivity contribution in [2.45, 2.75) is 10.9 Å². The maximum atomic E-state index is 4.43. The van der Waals surface area contributed by atoms with Crippen LogP contribution in [0.3, 0.4) is 0 Å². The Labute approximate surface area is 130 Å². The van der Waals surface area contributed by atoms with Gasteiger partial charge in [-0.25, -0.2) is 4.98 Å². The summed E-state index contributed by atoms with van der Waals surface area (Å²) in [7, 11) is 0. The van der Waals surface area contributed by atoms with Crippen LogP contribution in [0.25, 0.3) is 11.3 Å². The third-order valence-corrected chi connectivity index (χ3v) is 4.41. The van der Waals surface area contributed by atoms with E-state index >= 15 is 0 Å². The molecule has 0 saturated carbocycles. The average molecular weight is 345 g/mol. The van der Waals surface area contributed by atoms with E-state index in [1.807, 2.05) is 24.4 Å². The number of hydrogen-bond acceptors (Lipinski definition) is 2. The van der Waals surface area contributed by atoms with E-state index in [2.05, 4.69) is 62.3 Å². The number of hydrogen-bond donors (Lipinski definition) is 1. The zero-order chi connectivity index (χ0) is 13.8. The summed E-state index contributed by atoms with van der Waals surface area (Å²) in [6.07, 6.45) is 1.89. The first kappa shape index (κ1) is 13.5. The second-order valence-electron chi connectivity index (χ2n) is 4.38. The maximum Gasteiger partial charge on any atom is 0.166 e. The number of thioether (sulfide) groups is 1. The van der Waals surface area contributed by atoms with Crippen LogP contribution in [0.2, 0.25) is 0 Å². The topological polar surface area (TPSA) is 28.7 Å². The SMILES string of the molecule is Brc1ccc(-c2cnc(SCc3ccccc3)[nH]2)cc1. The molecule has 1 heterocycles. The van der Waals surface area contributed by atoms with Gasteiger partial charge in [0.25, 0.3) is 0 Å². The minimum atomic E-state index is 0.925. The van der Waals surface area contributed by atoms with Crippen molar-refractivity contribution in [3.8, 4) is 11.3 Å². The van der Waals surface area contributed by atoms with Crippen LogP contribution >= 0.6 is 27.7 Å².